The Kier molecular flexibility index (Phi) is 4.66. The fourth-order valence-corrected chi connectivity index (χ4v) is 2.27. The molecule has 3 nitrogen and oxygen atoms in total. The van der Waals surface area contributed by atoms with E-state index in [2.05, 4.69) is 0 Å². The number of rotatable bonds is 4. The van der Waals surface area contributed by atoms with E-state index >= 15 is 0 Å². The summed E-state index contributed by atoms with van der Waals surface area (Å²) >= 11 is 6.17. The standard InChI is InChI=1S/C13H18ClNO2/c14-12-2-1-3-13(11(12)4-7-15)17-10-5-8-16-9-6-10/h1-3,10H,4-9,15H2. The first kappa shape index (κ1) is 12.7. The molecule has 0 amide bonds. The largest absolute Gasteiger partial charge is 0.490 e. The third-order valence-electron chi connectivity index (χ3n) is 2.93. The molecule has 1 aliphatic heterocycles. The van der Waals surface area contributed by atoms with Crippen molar-refractivity contribution in [1.82, 2.24) is 0 Å². The van der Waals surface area contributed by atoms with Gasteiger partial charge in [-0.15, -0.1) is 0 Å². The van der Waals surface area contributed by atoms with Crippen LogP contribution in [0.4, 0.5) is 0 Å². The third kappa shape index (κ3) is 3.35. The van der Waals surface area contributed by atoms with E-state index in [0.29, 0.717) is 6.54 Å². The molecule has 4 heteroatoms. The normalized spacial score (nSPS) is 17.1. The lowest BCUT2D eigenvalue weighted by atomic mass is 10.1. The van der Waals surface area contributed by atoms with Crippen molar-refractivity contribution in [2.24, 2.45) is 5.73 Å². The van der Waals surface area contributed by atoms with Crippen LogP contribution in [-0.4, -0.2) is 25.9 Å². The average molecular weight is 256 g/mol. The molecule has 1 saturated heterocycles. The van der Waals surface area contributed by atoms with Gasteiger partial charge >= 0.3 is 0 Å². The van der Waals surface area contributed by atoms with Gasteiger partial charge in [-0.3, -0.25) is 0 Å². The molecule has 1 fully saturated rings. The molecule has 0 spiro atoms. The highest BCUT2D eigenvalue weighted by molar-refractivity contribution is 6.31. The first-order valence-corrected chi connectivity index (χ1v) is 6.41. The van der Waals surface area contributed by atoms with E-state index in [-0.39, 0.29) is 6.10 Å². The van der Waals surface area contributed by atoms with Crippen LogP contribution in [0.25, 0.3) is 0 Å². The van der Waals surface area contributed by atoms with Gasteiger partial charge in [0.1, 0.15) is 11.9 Å². The molecule has 0 saturated carbocycles. The summed E-state index contributed by atoms with van der Waals surface area (Å²) in [5.74, 6) is 0.870. The SMILES string of the molecule is NCCc1c(Cl)cccc1OC1CCOCC1. The molecule has 0 atom stereocenters. The van der Waals surface area contributed by atoms with Crippen LogP contribution < -0.4 is 10.5 Å². The number of hydrogen-bond acceptors (Lipinski definition) is 3. The Morgan fingerprint density at radius 2 is 2.12 bits per heavy atom. The maximum Gasteiger partial charge on any atom is 0.124 e. The van der Waals surface area contributed by atoms with Crippen molar-refractivity contribution >= 4 is 11.6 Å². The molecule has 0 radical (unpaired) electrons. The van der Waals surface area contributed by atoms with Crippen molar-refractivity contribution < 1.29 is 9.47 Å². The Hall–Kier alpha value is -0.770. The summed E-state index contributed by atoms with van der Waals surface area (Å²) in [5, 5.41) is 0.736. The van der Waals surface area contributed by atoms with Crippen molar-refractivity contribution in [2.75, 3.05) is 19.8 Å². The number of benzene rings is 1. The highest BCUT2D eigenvalue weighted by atomic mass is 35.5. The van der Waals surface area contributed by atoms with Gasteiger partial charge in [-0.2, -0.15) is 0 Å². The zero-order valence-electron chi connectivity index (χ0n) is 9.82. The summed E-state index contributed by atoms with van der Waals surface area (Å²) in [6.45, 7) is 2.13. The van der Waals surface area contributed by atoms with Crippen LogP contribution >= 0.6 is 11.6 Å². The highest BCUT2D eigenvalue weighted by Crippen LogP contribution is 2.28. The molecular formula is C13H18ClNO2. The summed E-state index contributed by atoms with van der Waals surface area (Å²) in [7, 11) is 0. The van der Waals surface area contributed by atoms with Gasteiger partial charge in [-0.25, -0.2) is 0 Å². The predicted octanol–water partition coefficient (Wildman–Crippen LogP) is 2.40. The van der Waals surface area contributed by atoms with E-state index in [9.17, 15) is 0 Å². The topological polar surface area (TPSA) is 44.5 Å². The molecule has 1 aromatic rings. The molecule has 1 aliphatic rings. The maximum atomic E-state index is 6.17. The number of nitrogens with two attached hydrogens (primary N) is 1. The molecule has 0 unspecified atom stereocenters. The minimum atomic E-state index is 0.235. The Labute approximate surface area is 107 Å². The van der Waals surface area contributed by atoms with Crippen molar-refractivity contribution in [2.45, 2.75) is 25.4 Å². The van der Waals surface area contributed by atoms with Crippen molar-refractivity contribution in [3.8, 4) is 5.75 Å². The van der Waals surface area contributed by atoms with Crippen LogP contribution in [-0.2, 0) is 11.2 Å². The van der Waals surface area contributed by atoms with Crippen LogP contribution in [0.2, 0.25) is 5.02 Å². The second-order valence-corrected chi connectivity index (χ2v) is 4.59. The van der Waals surface area contributed by atoms with E-state index in [0.717, 1.165) is 48.8 Å². The van der Waals surface area contributed by atoms with Gasteiger partial charge in [0.15, 0.2) is 0 Å². The predicted molar refractivity (Wildman–Crippen MR) is 68.7 cm³/mol. The van der Waals surface area contributed by atoms with Crippen molar-refractivity contribution in [3.05, 3.63) is 28.8 Å². The lowest BCUT2D eigenvalue weighted by molar-refractivity contribution is 0.0252. The molecule has 2 N–H and O–H groups in total. The monoisotopic (exact) mass is 255 g/mol. The molecule has 1 aromatic carbocycles. The highest BCUT2D eigenvalue weighted by Gasteiger charge is 2.17. The first-order chi connectivity index (χ1) is 8.31. The quantitative estimate of drug-likeness (QED) is 0.899. The van der Waals surface area contributed by atoms with Gasteiger partial charge in [-0.1, -0.05) is 17.7 Å². The van der Waals surface area contributed by atoms with Crippen LogP contribution in [0.15, 0.2) is 18.2 Å². The summed E-state index contributed by atoms with van der Waals surface area (Å²) in [4.78, 5) is 0. The van der Waals surface area contributed by atoms with Crippen LogP contribution in [0.3, 0.4) is 0 Å². The maximum absolute atomic E-state index is 6.17. The minimum absolute atomic E-state index is 0.235. The van der Waals surface area contributed by atoms with E-state index in [4.69, 9.17) is 26.8 Å². The van der Waals surface area contributed by atoms with Crippen LogP contribution in [0.5, 0.6) is 5.75 Å². The number of hydrogen-bond donors (Lipinski definition) is 1. The molecular weight excluding hydrogens is 238 g/mol. The molecule has 0 aliphatic carbocycles. The molecule has 94 valence electrons. The first-order valence-electron chi connectivity index (χ1n) is 6.03. The Bertz CT molecular complexity index is 364. The zero-order valence-corrected chi connectivity index (χ0v) is 10.6. The molecule has 1 heterocycles. The Balaban J connectivity index is 2.10. The number of ether oxygens (including phenoxy) is 2. The van der Waals surface area contributed by atoms with E-state index in [1.165, 1.54) is 0 Å². The van der Waals surface area contributed by atoms with Crippen molar-refractivity contribution in [1.29, 1.82) is 0 Å². The van der Waals surface area contributed by atoms with Gasteiger partial charge < -0.3 is 15.2 Å². The fourth-order valence-electron chi connectivity index (χ4n) is 2.01. The lowest BCUT2D eigenvalue weighted by Crippen LogP contribution is -2.26. The van der Waals surface area contributed by atoms with E-state index < -0.39 is 0 Å². The average Bonchev–Trinajstić information content (AvgIpc) is 2.35. The van der Waals surface area contributed by atoms with Gasteiger partial charge in [0.2, 0.25) is 0 Å². The van der Waals surface area contributed by atoms with Crippen LogP contribution in [0, 0.1) is 0 Å². The van der Waals surface area contributed by atoms with E-state index in [1.807, 2.05) is 18.2 Å². The summed E-state index contributed by atoms with van der Waals surface area (Å²) in [6.07, 6.45) is 2.86. The Morgan fingerprint density at radius 1 is 1.35 bits per heavy atom. The lowest BCUT2D eigenvalue weighted by Gasteiger charge is -2.24. The summed E-state index contributed by atoms with van der Waals surface area (Å²) in [6, 6.07) is 5.76. The zero-order chi connectivity index (χ0) is 12.1. The van der Waals surface area contributed by atoms with Gasteiger partial charge in [-0.05, 0) is 25.1 Å². The van der Waals surface area contributed by atoms with Crippen LogP contribution in [0.1, 0.15) is 18.4 Å². The third-order valence-corrected chi connectivity index (χ3v) is 3.29. The molecule has 2 rings (SSSR count). The van der Waals surface area contributed by atoms with Gasteiger partial charge in [0, 0.05) is 23.4 Å². The second kappa shape index (κ2) is 6.24. The van der Waals surface area contributed by atoms with Gasteiger partial charge in [0.25, 0.3) is 0 Å². The summed E-state index contributed by atoms with van der Waals surface area (Å²) in [5.41, 5.74) is 6.61. The number of halogens is 1. The fraction of sp³-hybridized carbons (Fsp3) is 0.538. The van der Waals surface area contributed by atoms with Crippen molar-refractivity contribution in [3.63, 3.8) is 0 Å². The van der Waals surface area contributed by atoms with E-state index in [1.54, 1.807) is 0 Å². The minimum Gasteiger partial charge on any atom is -0.490 e. The molecule has 0 bridgehead atoms. The smallest absolute Gasteiger partial charge is 0.124 e. The second-order valence-electron chi connectivity index (χ2n) is 4.18. The summed E-state index contributed by atoms with van der Waals surface area (Å²) < 4.78 is 11.3. The molecule has 17 heavy (non-hydrogen) atoms. The Morgan fingerprint density at radius 3 is 2.82 bits per heavy atom. The molecule has 0 aromatic heterocycles. The van der Waals surface area contributed by atoms with Gasteiger partial charge in [0.05, 0.1) is 13.2 Å².